The maximum Gasteiger partial charge on any atom is 0.255 e. The average molecular weight is 261 g/mol. The molecule has 1 amide bonds. The molecule has 4 nitrogen and oxygen atoms in total. The molecule has 1 unspecified atom stereocenters. The highest BCUT2D eigenvalue weighted by Crippen LogP contribution is 2.34. The fraction of sp³-hybridized carbons (Fsp3) is 0.600. The maximum absolute atomic E-state index is 12.3. The molecule has 2 rings (SSSR count). The molecule has 0 bridgehead atoms. The highest BCUT2D eigenvalue weighted by Gasteiger charge is 2.26. The van der Waals surface area contributed by atoms with Crippen LogP contribution in [0.2, 0.25) is 0 Å². The summed E-state index contributed by atoms with van der Waals surface area (Å²) in [6.07, 6.45) is 6.44. The van der Waals surface area contributed by atoms with E-state index >= 15 is 0 Å². The number of hydrogen-bond donors (Lipinski definition) is 2. The van der Waals surface area contributed by atoms with E-state index in [2.05, 4.69) is 22.5 Å². The van der Waals surface area contributed by atoms with Gasteiger partial charge in [-0.15, -0.1) is 0 Å². The number of carbonyl (C=O) groups excluding carboxylic acids is 1. The third kappa shape index (κ3) is 3.94. The molecule has 0 aromatic carbocycles. The number of amides is 1. The second kappa shape index (κ2) is 6.55. The van der Waals surface area contributed by atoms with Crippen LogP contribution in [0, 0.1) is 5.92 Å². The molecule has 0 saturated heterocycles. The van der Waals surface area contributed by atoms with Gasteiger partial charge in [0.15, 0.2) is 0 Å². The minimum absolute atomic E-state index is 0.0171. The molecule has 1 aromatic heterocycles. The summed E-state index contributed by atoms with van der Waals surface area (Å²) in [6.45, 7) is 4.89. The Morgan fingerprint density at radius 2 is 2.26 bits per heavy atom. The van der Waals surface area contributed by atoms with Crippen molar-refractivity contribution in [1.82, 2.24) is 10.3 Å². The van der Waals surface area contributed by atoms with Crippen LogP contribution >= 0.6 is 0 Å². The number of rotatable bonds is 7. The summed E-state index contributed by atoms with van der Waals surface area (Å²) in [6, 6.07) is 3.91. The van der Waals surface area contributed by atoms with Crippen molar-refractivity contribution in [3.8, 4) is 0 Å². The molecular formula is C15H23N3O. The van der Waals surface area contributed by atoms with Crippen molar-refractivity contribution in [2.75, 3.05) is 11.9 Å². The maximum atomic E-state index is 12.3. The van der Waals surface area contributed by atoms with Gasteiger partial charge in [0.1, 0.15) is 5.82 Å². The van der Waals surface area contributed by atoms with Crippen LogP contribution in [-0.4, -0.2) is 23.5 Å². The average Bonchev–Trinajstić information content (AvgIpc) is 3.23. The molecule has 1 heterocycles. The van der Waals surface area contributed by atoms with Crippen LogP contribution < -0.4 is 10.6 Å². The van der Waals surface area contributed by atoms with Gasteiger partial charge in [-0.25, -0.2) is 4.98 Å². The van der Waals surface area contributed by atoms with E-state index in [-0.39, 0.29) is 11.9 Å². The van der Waals surface area contributed by atoms with Gasteiger partial charge in [-0.1, -0.05) is 19.8 Å². The topological polar surface area (TPSA) is 54.0 Å². The van der Waals surface area contributed by atoms with Crippen molar-refractivity contribution in [2.45, 2.75) is 45.6 Å². The zero-order valence-corrected chi connectivity index (χ0v) is 11.8. The van der Waals surface area contributed by atoms with Crippen LogP contribution in [-0.2, 0) is 0 Å². The van der Waals surface area contributed by atoms with E-state index in [4.69, 9.17) is 0 Å². The molecule has 1 atom stereocenters. The summed E-state index contributed by atoms with van der Waals surface area (Å²) >= 11 is 0. The molecule has 0 spiro atoms. The smallest absolute Gasteiger partial charge is 0.255 e. The Morgan fingerprint density at radius 3 is 2.89 bits per heavy atom. The lowest BCUT2D eigenvalue weighted by Gasteiger charge is -2.17. The molecule has 4 heteroatoms. The third-order valence-corrected chi connectivity index (χ3v) is 3.54. The van der Waals surface area contributed by atoms with Crippen molar-refractivity contribution in [3.63, 3.8) is 0 Å². The number of pyridine rings is 1. The lowest BCUT2D eigenvalue weighted by Crippen LogP contribution is -2.35. The zero-order valence-electron chi connectivity index (χ0n) is 11.8. The summed E-state index contributed by atoms with van der Waals surface area (Å²) in [7, 11) is 0. The first-order chi connectivity index (χ1) is 9.24. The van der Waals surface area contributed by atoms with Gasteiger partial charge >= 0.3 is 0 Å². The summed E-state index contributed by atoms with van der Waals surface area (Å²) in [5.74, 6) is 1.48. The second-order valence-electron chi connectivity index (χ2n) is 5.19. The molecule has 0 radical (unpaired) electrons. The Balaban J connectivity index is 2.01. The van der Waals surface area contributed by atoms with Crippen molar-refractivity contribution in [3.05, 3.63) is 23.9 Å². The summed E-state index contributed by atoms with van der Waals surface area (Å²) < 4.78 is 0. The fourth-order valence-corrected chi connectivity index (χ4v) is 2.24. The van der Waals surface area contributed by atoms with Crippen LogP contribution in [0.1, 0.15) is 49.9 Å². The quantitative estimate of drug-likeness (QED) is 0.793. The molecule has 1 aromatic rings. The van der Waals surface area contributed by atoms with E-state index in [1.807, 2.05) is 13.0 Å². The Kier molecular flexibility index (Phi) is 4.77. The lowest BCUT2D eigenvalue weighted by atomic mass is 10.1. The standard InChI is InChI=1S/C15H23N3O/c1-3-12(10-11-7-8-11)18-15(19)13-6-5-9-17-14(13)16-4-2/h5-6,9,11-12H,3-4,7-8,10H2,1-2H3,(H,16,17)(H,18,19). The van der Waals surface area contributed by atoms with E-state index in [0.717, 1.165) is 25.3 Å². The Morgan fingerprint density at radius 1 is 1.47 bits per heavy atom. The van der Waals surface area contributed by atoms with Gasteiger partial charge in [0.2, 0.25) is 0 Å². The summed E-state index contributed by atoms with van der Waals surface area (Å²) in [4.78, 5) is 16.5. The monoisotopic (exact) mass is 261 g/mol. The van der Waals surface area contributed by atoms with Gasteiger partial charge in [0.05, 0.1) is 5.56 Å². The van der Waals surface area contributed by atoms with E-state index in [1.165, 1.54) is 12.8 Å². The molecular weight excluding hydrogens is 238 g/mol. The first-order valence-corrected chi connectivity index (χ1v) is 7.24. The number of nitrogens with one attached hydrogen (secondary N) is 2. The number of hydrogen-bond acceptors (Lipinski definition) is 3. The summed E-state index contributed by atoms with van der Waals surface area (Å²) in [5, 5.41) is 6.26. The minimum atomic E-state index is -0.0171. The Bertz CT molecular complexity index is 429. The van der Waals surface area contributed by atoms with Gasteiger partial charge in [0.25, 0.3) is 5.91 Å². The van der Waals surface area contributed by atoms with Crippen LogP contribution in [0.3, 0.4) is 0 Å². The molecule has 1 saturated carbocycles. The Labute approximate surface area is 115 Å². The van der Waals surface area contributed by atoms with E-state index in [0.29, 0.717) is 11.4 Å². The zero-order chi connectivity index (χ0) is 13.7. The highest BCUT2D eigenvalue weighted by molar-refractivity contribution is 5.98. The minimum Gasteiger partial charge on any atom is -0.370 e. The summed E-state index contributed by atoms with van der Waals surface area (Å²) in [5.41, 5.74) is 0.638. The van der Waals surface area contributed by atoms with Gasteiger partial charge < -0.3 is 10.6 Å². The van der Waals surface area contributed by atoms with Crippen molar-refractivity contribution in [2.24, 2.45) is 5.92 Å². The van der Waals surface area contributed by atoms with Gasteiger partial charge in [-0.05, 0) is 37.8 Å². The van der Waals surface area contributed by atoms with E-state index in [9.17, 15) is 4.79 Å². The lowest BCUT2D eigenvalue weighted by molar-refractivity contribution is 0.0933. The van der Waals surface area contributed by atoms with Crippen LogP contribution in [0.4, 0.5) is 5.82 Å². The van der Waals surface area contributed by atoms with Gasteiger partial charge in [-0.3, -0.25) is 4.79 Å². The molecule has 1 aliphatic rings. The SMILES string of the molecule is CCNc1ncccc1C(=O)NC(CC)CC1CC1. The van der Waals surface area contributed by atoms with Crippen LogP contribution in [0.15, 0.2) is 18.3 Å². The van der Waals surface area contributed by atoms with Crippen LogP contribution in [0.5, 0.6) is 0 Å². The number of aromatic nitrogens is 1. The number of carbonyl (C=O) groups is 1. The molecule has 1 fully saturated rings. The predicted molar refractivity (Wildman–Crippen MR) is 77.3 cm³/mol. The second-order valence-corrected chi connectivity index (χ2v) is 5.19. The highest BCUT2D eigenvalue weighted by atomic mass is 16.1. The molecule has 0 aliphatic heterocycles. The largest absolute Gasteiger partial charge is 0.370 e. The van der Waals surface area contributed by atoms with Gasteiger partial charge in [-0.2, -0.15) is 0 Å². The van der Waals surface area contributed by atoms with Crippen molar-refractivity contribution in [1.29, 1.82) is 0 Å². The fourth-order valence-electron chi connectivity index (χ4n) is 2.24. The van der Waals surface area contributed by atoms with Crippen molar-refractivity contribution < 1.29 is 4.79 Å². The molecule has 2 N–H and O–H groups in total. The van der Waals surface area contributed by atoms with Crippen molar-refractivity contribution >= 4 is 11.7 Å². The van der Waals surface area contributed by atoms with E-state index in [1.54, 1.807) is 12.3 Å². The Hall–Kier alpha value is -1.58. The number of nitrogens with zero attached hydrogens (tertiary/aromatic N) is 1. The number of anilines is 1. The molecule has 1 aliphatic carbocycles. The first kappa shape index (κ1) is 13.8. The van der Waals surface area contributed by atoms with Crippen LogP contribution in [0.25, 0.3) is 0 Å². The third-order valence-electron chi connectivity index (χ3n) is 3.54. The molecule has 19 heavy (non-hydrogen) atoms. The molecule has 104 valence electrons. The van der Waals surface area contributed by atoms with Gasteiger partial charge in [0, 0.05) is 18.8 Å². The normalized spacial score (nSPS) is 15.9. The van der Waals surface area contributed by atoms with E-state index < -0.39 is 0 Å². The predicted octanol–water partition coefficient (Wildman–Crippen LogP) is 2.82. The first-order valence-electron chi connectivity index (χ1n) is 7.24.